The topological polar surface area (TPSA) is 154 Å². The lowest BCUT2D eigenvalue weighted by Gasteiger charge is -2.11. The number of aromatic nitrogens is 4. The average Bonchev–Trinajstić information content (AvgIpc) is 3.32. The number of hydrazine groups is 1. The number of rotatable bonds is 10. The summed E-state index contributed by atoms with van der Waals surface area (Å²) >= 11 is 0. The monoisotopic (exact) mass is 464 g/mol. The third kappa shape index (κ3) is 5.50. The maximum atomic E-state index is 12.9. The zero-order valence-corrected chi connectivity index (χ0v) is 18.0. The van der Waals surface area contributed by atoms with Gasteiger partial charge in [0.1, 0.15) is 24.5 Å². The van der Waals surface area contributed by atoms with Crippen molar-refractivity contribution >= 4 is 11.7 Å². The normalized spacial score (nSPS) is 10.9. The fraction of sp³-hybridized carbons (Fsp3) is 0.136. The summed E-state index contributed by atoms with van der Waals surface area (Å²) in [5.74, 6) is -0.728. The van der Waals surface area contributed by atoms with E-state index in [1.54, 1.807) is 19.1 Å². The largest absolute Gasteiger partial charge is 0.478 e. The van der Waals surface area contributed by atoms with Crippen molar-refractivity contribution in [2.24, 2.45) is 0 Å². The molecule has 0 atom stereocenters. The van der Waals surface area contributed by atoms with Crippen LogP contribution < -0.4 is 16.6 Å². The number of hydrogen-bond donors (Lipinski definition) is 3. The molecular weight excluding hydrogens is 444 g/mol. The fourth-order valence-electron chi connectivity index (χ4n) is 2.95. The molecule has 12 heteroatoms. The molecule has 0 unspecified atom stereocenters. The second kappa shape index (κ2) is 10.5. The van der Waals surface area contributed by atoms with Gasteiger partial charge in [-0.25, -0.2) is 9.68 Å². The van der Waals surface area contributed by atoms with Crippen LogP contribution in [0.2, 0.25) is 0 Å². The van der Waals surface area contributed by atoms with Crippen LogP contribution in [0.5, 0.6) is 0 Å². The number of aryl methyl sites for hydroxylation is 1. The Kier molecular flexibility index (Phi) is 7.03. The Balaban J connectivity index is 1.38. The van der Waals surface area contributed by atoms with Gasteiger partial charge in [-0.3, -0.25) is 15.2 Å². The van der Waals surface area contributed by atoms with Crippen molar-refractivity contribution in [1.82, 2.24) is 25.3 Å². The second-order valence-corrected chi connectivity index (χ2v) is 7.09. The van der Waals surface area contributed by atoms with Crippen LogP contribution in [0.25, 0.3) is 11.5 Å². The van der Waals surface area contributed by atoms with E-state index >= 15 is 0 Å². The van der Waals surface area contributed by atoms with Crippen LogP contribution in [0.15, 0.2) is 70.1 Å². The molecule has 174 valence electrons. The highest BCUT2D eigenvalue weighted by atomic mass is 17.3. The van der Waals surface area contributed by atoms with Crippen LogP contribution >= 0.6 is 0 Å². The molecule has 0 bridgehead atoms. The Hall–Kier alpha value is -4.39. The zero-order valence-electron chi connectivity index (χ0n) is 18.0. The third-order valence-corrected chi connectivity index (χ3v) is 4.75. The molecule has 34 heavy (non-hydrogen) atoms. The number of nitrogens with one attached hydrogen (secondary N) is 2. The van der Waals surface area contributed by atoms with Crippen molar-refractivity contribution in [3.05, 3.63) is 93.9 Å². The maximum Gasteiger partial charge on any atom is 0.337 e. The van der Waals surface area contributed by atoms with Crippen LogP contribution in [-0.4, -0.2) is 30.8 Å². The molecule has 0 radical (unpaired) electrons. The highest BCUT2D eigenvalue weighted by molar-refractivity contribution is 5.87. The molecule has 3 aromatic heterocycles. The van der Waals surface area contributed by atoms with E-state index in [1.807, 2.05) is 30.3 Å². The van der Waals surface area contributed by atoms with Gasteiger partial charge in [-0.1, -0.05) is 41.1 Å². The minimum atomic E-state index is -1.08. The van der Waals surface area contributed by atoms with Crippen molar-refractivity contribution in [1.29, 1.82) is 0 Å². The van der Waals surface area contributed by atoms with Gasteiger partial charge in [0.25, 0.3) is 5.56 Å². The number of aromatic carboxylic acids is 1. The van der Waals surface area contributed by atoms with E-state index < -0.39 is 5.97 Å². The lowest BCUT2D eigenvalue weighted by Crippen LogP contribution is -2.31. The first-order valence-corrected chi connectivity index (χ1v) is 10.1. The van der Waals surface area contributed by atoms with Gasteiger partial charge in [-0.15, -0.1) is 4.99 Å². The van der Waals surface area contributed by atoms with E-state index in [9.17, 15) is 9.59 Å². The SMILES string of the molecule is Cc1ccc(NNOOCc2ccccc2)c(=O)n1Cc1nc(-c2ccc(C(=O)O)cn2)no1. The molecule has 0 aliphatic rings. The zero-order chi connectivity index (χ0) is 23.9. The molecule has 4 aromatic rings. The van der Waals surface area contributed by atoms with Crippen molar-refractivity contribution < 1.29 is 24.3 Å². The minimum absolute atomic E-state index is 0.0196. The second-order valence-electron chi connectivity index (χ2n) is 7.09. The number of pyridine rings is 2. The third-order valence-electron chi connectivity index (χ3n) is 4.75. The van der Waals surface area contributed by atoms with Gasteiger partial charge in [0, 0.05) is 11.9 Å². The van der Waals surface area contributed by atoms with Gasteiger partial charge in [0.05, 0.1) is 5.56 Å². The Labute approximate surface area is 192 Å². The van der Waals surface area contributed by atoms with Crippen LogP contribution in [0, 0.1) is 6.92 Å². The standard InChI is InChI=1S/C22H20N6O6/c1-14-7-9-18(25-27-34-32-13-15-5-3-2-4-6-15)21(29)28(14)12-19-24-20(26-33-19)17-10-8-16(11-23-17)22(30)31/h2-11,25,27H,12-13H2,1H3,(H,30,31). The van der Waals surface area contributed by atoms with Crippen LogP contribution in [-0.2, 0) is 23.0 Å². The minimum Gasteiger partial charge on any atom is -0.478 e. The molecular formula is C22H20N6O6. The smallest absolute Gasteiger partial charge is 0.337 e. The number of carboxylic acid groups (broad SMARTS) is 1. The lowest BCUT2D eigenvalue weighted by molar-refractivity contribution is -0.340. The van der Waals surface area contributed by atoms with Gasteiger partial charge in [0.15, 0.2) is 0 Å². The molecule has 0 saturated heterocycles. The molecule has 0 saturated carbocycles. The first-order valence-electron chi connectivity index (χ1n) is 10.1. The van der Waals surface area contributed by atoms with Gasteiger partial charge in [-0.05, 0) is 36.8 Å². The van der Waals surface area contributed by atoms with E-state index in [0.717, 1.165) is 5.56 Å². The summed E-state index contributed by atoms with van der Waals surface area (Å²) in [5, 5.41) is 12.8. The molecule has 12 nitrogen and oxygen atoms in total. The Morgan fingerprint density at radius 2 is 1.97 bits per heavy atom. The number of anilines is 1. The van der Waals surface area contributed by atoms with E-state index in [2.05, 4.69) is 26.1 Å². The maximum absolute atomic E-state index is 12.9. The molecule has 0 spiro atoms. The van der Waals surface area contributed by atoms with E-state index in [-0.39, 0.29) is 41.7 Å². The Bertz CT molecular complexity index is 1320. The summed E-state index contributed by atoms with van der Waals surface area (Å²) in [6.45, 7) is 2.01. The summed E-state index contributed by atoms with van der Waals surface area (Å²) in [5.41, 5.74) is 6.85. The van der Waals surface area contributed by atoms with E-state index in [4.69, 9.17) is 19.5 Å². The Morgan fingerprint density at radius 1 is 1.15 bits per heavy atom. The summed E-state index contributed by atoms with van der Waals surface area (Å²) in [7, 11) is 0. The van der Waals surface area contributed by atoms with Crippen molar-refractivity contribution in [2.45, 2.75) is 20.1 Å². The van der Waals surface area contributed by atoms with E-state index in [1.165, 1.54) is 22.9 Å². The summed E-state index contributed by atoms with van der Waals surface area (Å²) < 4.78 is 6.69. The van der Waals surface area contributed by atoms with Crippen molar-refractivity contribution in [3.63, 3.8) is 0 Å². The highest BCUT2D eigenvalue weighted by Gasteiger charge is 2.14. The molecule has 0 fully saturated rings. The predicted molar refractivity (Wildman–Crippen MR) is 118 cm³/mol. The number of hydrogen-bond acceptors (Lipinski definition) is 10. The molecule has 4 rings (SSSR count). The predicted octanol–water partition coefficient (Wildman–Crippen LogP) is 2.33. The van der Waals surface area contributed by atoms with Gasteiger partial charge in [-0.2, -0.15) is 4.98 Å². The fourth-order valence-corrected chi connectivity index (χ4v) is 2.95. The highest BCUT2D eigenvalue weighted by Crippen LogP contribution is 2.14. The summed E-state index contributed by atoms with van der Waals surface area (Å²) in [6.07, 6.45) is 1.20. The molecule has 0 aliphatic heterocycles. The number of carbonyl (C=O) groups is 1. The molecule has 1 aromatic carbocycles. The molecule has 3 heterocycles. The van der Waals surface area contributed by atoms with Crippen LogP contribution in [0.3, 0.4) is 0 Å². The Morgan fingerprint density at radius 3 is 2.71 bits per heavy atom. The molecule has 0 aliphatic carbocycles. The first-order chi connectivity index (χ1) is 16.5. The molecule has 0 amide bonds. The average molecular weight is 464 g/mol. The molecule has 3 N–H and O–H groups in total. The summed E-state index contributed by atoms with van der Waals surface area (Å²) in [4.78, 5) is 42.0. The first kappa shape index (κ1) is 22.8. The number of nitrogens with zero attached hydrogens (tertiary/aromatic N) is 4. The number of carboxylic acids is 1. The quantitative estimate of drug-likeness (QED) is 0.180. The van der Waals surface area contributed by atoms with Gasteiger partial charge < -0.3 is 14.2 Å². The van der Waals surface area contributed by atoms with Crippen molar-refractivity contribution in [2.75, 3.05) is 5.43 Å². The van der Waals surface area contributed by atoms with Crippen molar-refractivity contribution in [3.8, 4) is 11.5 Å². The van der Waals surface area contributed by atoms with Gasteiger partial charge >= 0.3 is 5.97 Å². The number of benzene rings is 1. The van der Waals surface area contributed by atoms with Crippen LogP contribution in [0.1, 0.15) is 27.5 Å². The lowest BCUT2D eigenvalue weighted by atomic mass is 10.2. The van der Waals surface area contributed by atoms with Crippen LogP contribution in [0.4, 0.5) is 5.69 Å². The van der Waals surface area contributed by atoms with Gasteiger partial charge in [0.2, 0.25) is 11.7 Å². The summed E-state index contributed by atoms with van der Waals surface area (Å²) in [6, 6.07) is 15.6. The van der Waals surface area contributed by atoms with E-state index in [0.29, 0.717) is 11.4 Å².